The molecular weight excluding hydrogens is 148 g/mol. The number of rotatable bonds is 3. The summed E-state index contributed by atoms with van der Waals surface area (Å²) in [6.07, 6.45) is 5.45. The molecule has 1 fully saturated rings. The maximum atomic E-state index is 3.53. The van der Waals surface area contributed by atoms with Crippen LogP contribution in [0.25, 0.3) is 0 Å². The monoisotopic (exact) mass is 170 g/mol. The lowest BCUT2D eigenvalue weighted by molar-refractivity contribution is 0.205. The second-order valence-electron chi connectivity index (χ2n) is 4.03. The SMILES string of the molecule is CCNC1CCC(N(C)C)CC1. The predicted molar refractivity (Wildman–Crippen MR) is 53.4 cm³/mol. The molecule has 0 heterocycles. The van der Waals surface area contributed by atoms with Gasteiger partial charge in [0, 0.05) is 12.1 Å². The molecule has 0 spiro atoms. The van der Waals surface area contributed by atoms with Crippen LogP contribution in [0.2, 0.25) is 0 Å². The second kappa shape index (κ2) is 4.83. The summed E-state index contributed by atoms with van der Waals surface area (Å²) < 4.78 is 0. The Labute approximate surface area is 76.3 Å². The molecule has 2 heteroatoms. The van der Waals surface area contributed by atoms with Crippen LogP contribution in [0, 0.1) is 0 Å². The maximum Gasteiger partial charge on any atom is 0.00903 e. The number of hydrogen-bond acceptors (Lipinski definition) is 2. The van der Waals surface area contributed by atoms with Gasteiger partial charge in [0.15, 0.2) is 0 Å². The Balaban J connectivity index is 2.20. The molecule has 0 saturated heterocycles. The molecule has 0 aromatic rings. The average Bonchev–Trinajstić information content (AvgIpc) is 2.06. The van der Waals surface area contributed by atoms with Crippen molar-refractivity contribution in [2.24, 2.45) is 0 Å². The summed E-state index contributed by atoms with van der Waals surface area (Å²) in [6, 6.07) is 1.63. The van der Waals surface area contributed by atoms with Gasteiger partial charge in [-0.2, -0.15) is 0 Å². The zero-order valence-corrected chi connectivity index (χ0v) is 8.64. The summed E-state index contributed by atoms with van der Waals surface area (Å²) >= 11 is 0. The lowest BCUT2D eigenvalue weighted by atomic mass is 9.90. The molecule has 0 atom stereocenters. The highest BCUT2D eigenvalue weighted by Crippen LogP contribution is 2.21. The largest absolute Gasteiger partial charge is 0.314 e. The van der Waals surface area contributed by atoms with Gasteiger partial charge < -0.3 is 10.2 Å². The van der Waals surface area contributed by atoms with Crippen molar-refractivity contribution in [1.29, 1.82) is 0 Å². The van der Waals surface area contributed by atoms with E-state index in [2.05, 4.69) is 31.2 Å². The molecule has 0 aliphatic heterocycles. The van der Waals surface area contributed by atoms with Crippen LogP contribution in [-0.2, 0) is 0 Å². The van der Waals surface area contributed by atoms with Crippen molar-refractivity contribution >= 4 is 0 Å². The molecule has 2 nitrogen and oxygen atoms in total. The van der Waals surface area contributed by atoms with E-state index in [-0.39, 0.29) is 0 Å². The van der Waals surface area contributed by atoms with Crippen LogP contribution in [-0.4, -0.2) is 37.6 Å². The van der Waals surface area contributed by atoms with Gasteiger partial charge in [-0.3, -0.25) is 0 Å². The van der Waals surface area contributed by atoms with Crippen molar-refractivity contribution in [2.75, 3.05) is 20.6 Å². The molecule has 0 bridgehead atoms. The minimum absolute atomic E-state index is 0.797. The van der Waals surface area contributed by atoms with E-state index in [1.807, 2.05) is 0 Å². The highest BCUT2D eigenvalue weighted by molar-refractivity contribution is 4.80. The highest BCUT2D eigenvalue weighted by atomic mass is 15.1. The molecule has 12 heavy (non-hydrogen) atoms. The normalized spacial score (nSPS) is 31.0. The smallest absolute Gasteiger partial charge is 0.00903 e. The van der Waals surface area contributed by atoms with Gasteiger partial charge in [0.25, 0.3) is 0 Å². The van der Waals surface area contributed by atoms with Crippen LogP contribution in [0.15, 0.2) is 0 Å². The Bertz CT molecular complexity index is 115. The molecule has 1 aliphatic rings. The summed E-state index contributed by atoms with van der Waals surface area (Å²) in [5.41, 5.74) is 0. The van der Waals surface area contributed by atoms with Gasteiger partial charge in [0.1, 0.15) is 0 Å². The van der Waals surface area contributed by atoms with Gasteiger partial charge in [0.2, 0.25) is 0 Å². The summed E-state index contributed by atoms with van der Waals surface area (Å²) in [6.45, 7) is 3.31. The first-order valence-corrected chi connectivity index (χ1v) is 5.13. The first kappa shape index (κ1) is 10.0. The third-order valence-corrected chi connectivity index (χ3v) is 2.92. The van der Waals surface area contributed by atoms with Crippen molar-refractivity contribution in [2.45, 2.75) is 44.7 Å². The zero-order chi connectivity index (χ0) is 8.97. The molecular formula is C10H22N2. The number of nitrogens with one attached hydrogen (secondary N) is 1. The summed E-state index contributed by atoms with van der Waals surface area (Å²) in [4.78, 5) is 2.36. The molecule has 0 radical (unpaired) electrons. The highest BCUT2D eigenvalue weighted by Gasteiger charge is 2.21. The molecule has 1 aliphatic carbocycles. The van der Waals surface area contributed by atoms with Gasteiger partial charge >= 0.3 is 0 Å². The Morgan fingerprint density at radius 2 is 1.75 bits per heavy atom. The lowest BCUT2D eigenvalue weighted by Crippen LogP contribution is -2.39. The average molecular weight is 170 g/mol. The third-order valence-electron chi connectivity index (χ3n) is 2.92. The Kier molecular flexibility index (Phi) is 4.02. The van der Waals surface area contributed by atoms with Crippen molar-refractivity contribution < 1.29 is 0 Å². The first-order valence-electron chi connectivity index (χ1n) is 5.13. The summed E-state index contributed by atoms with van der Waals surface area (Å²) in [5.74, 6) is 0. The zero-order valence-electron chi connectivity index (χ0n) is 8.64. The quantitative estimate of drug-likeness (QED) is 0.690. The van der Waals surface area contributed by atoms with E-state index in [0.717, 1.165) is 18.6 Å². The lowest BCUT2D eigenvalue weighted by Gasteiger charge is -2.32. The summed E-state index contributed by atoms with van der Waals surface area (Å²) in [7, 11) is 4.39. The van der Waals surface area contributed by atoms with E-state index in [0.29, 0.717) is 0 Å². The van der Waals surface area contributed by atoms with Crippen molar-refractivity contribution in [1.82, 2.24) is 10.2 Å². The standard InChI is InChI=1S/C10H22N2/c1-4-11-9-5-7-10(8-6-9)12(2)3/h9-11H,4-8H2,1-3H3. The van der Waals surface area contributed by atoms with Gasteiger partial charge in [-0.05, 0) is 46.3 Å². The van der Waals surface area contributed by atoms with Crippen LogP contribution >= 0.6 is 0 Å². The molecule has 0 amide bonds. The van der Waals surface area contributed by atoms with Crippen LogP contribution in [0.5, 0.6) is 0 Å². The molecule has 1 rings (SSSR count). The molecule has 1 saturated carbocycles. The fourth-order valence-electron chi connectivity index (χ4n) is 2.09. The number of nitrogens with zero attached hydrogens (tertiary/aromatic N) is 1. The van der Waals surface area contributed by atoms with E-state index >= 15 is 0 Å². The van der Waals surface area contributed by atoms with Crippen molar-refractivity contribution in [3.63, 3.8) is 0 Å². The molecule has 72 valence electrons. The van der Waals surface area contributed by atoms with Gasteiger partial charge in [-0.1, -0.05) is 6.92 Å². The van der Waals surface area contributed by atoms with E-state index in [9.17, 15) is 0 Å². The second-order valence-corrected chi connectivity index (χ2v) is 4.03. The van der Waals surface area contributed by atoms with Crippen LogP contribution in [0.1, 0.15) is 32.6 Å². The van der Waals surface area contributed by atoms with Gasteiger partial charge in [0.05, 0.1) is 0 Å². The fraction of sp³-hybridized carbons (Fsp3) is 1.00. The van der Waals surface area contributed by atoms with Crippen LogP contribution in [0.4, 0.5) is 0 Å². The van der Waals surface area contributed by atoms with E-state index in [1.54, 1.807) is 0 Å². The van der Waals surface area contributed by atoms with Crippen LogP contribution < -0.4 is 5.32 Å². The molecule has 0 aromatic heterocycles. The van der Waals surface area contributed by atoms with E-state index < -0.39 is 0 Å². The minimum Gasteiger partial charge on any atom is -0.314 e. The van der Waals surface area contributed by atoms with Crippen molar-refractivity contribution in [3.8, 4) is 0 Å². The van der Waals surface area contributed by atoms with E-state index in [4.69, 9.17) is 0 Å². The Hall–Kier alpha value is -0.0800. The predicted octanol–water partition coefficient (Wildman–Crippen LogP) is 1.47. The minimum atomic E-state index is 0.797. The summed E-state index contributed by atoms with van der Waals surface area (Å²) in [5, 5.41) is 3.53. The Morgan fingerprint density at radius 3 is 2.17 bits per heavy atom. The van der Waals surface area contributed by atoms with E-state index in [1.165, 1.54) is 25.7 Å². The number of hydrogen-bond donors (Lipinski definition) is 1. The Morgan fingerprint density at radius 1 is 1.17 bits per heavy atom. The maximum absolute atomic E-state index is 3.53. The molecule has 0 unspecified atom stereocenters. The van der Waals surface area contributed by atoms with Gasteiger partial charge in [-0.15, -0.1) is 0 Å². The molecule has 1 N–H and O–H groups in total. The van der Waals surface area contributed by atoms with Gasteiger partial charge in [-0.25, -0.2) is 0 Å². The molecule has 0 aromatic carbocycles. The first-order chi connectivity index (χ1) is 5.74. The van der Waals surface area contributed by atoms with Crippen LogP contribution in [0.3, 0.4) is 0 Å². The van der Waals surface area contributed by atoms with Crippen molar-refractivity contribution in [3.05, 3.63) is 0 Å². The topological polar surface area (TPSA) is 15.3 Å². The fourth-order valence-corrected chi connectivity index (χ4v) is 2.09. The third kappa shape index (κ3) is 2.76.